The van der Waals surface area contributed by atoms with Gasteiger partial charge < -0.3 is 5.73 Å². The highest BCUT2D eigenvalue weighted by Crippen LogP contribution is 2.68. The van der Waals surface area contributed by atoms with Crippen LogP contribution in [0.1, 0.15) is 118 Å². The Labute approximate surface area is 183 Å². The van der Waals surface area contributed by atoms with Gasteiger partial charge in [-0.05, 0) is 111 Å². The lowest BCUT2D eigenvalue weighted by Gasteiger charge is -2.61. The molecule has 1 nitrogen and oxygen atoms in total. The highest BCUT2D eigenvalue weighted by molar-refractivity contribution is 5.09. The van der Waals surface area contributed by atoms with Crippen molar-refractivity contribution < 1.29 is 0 Å². The van der Waals surface area contributed by atoms with Gasteiger partial charge in [0, 0.05) is 0 Å². The Morgan fingerprint density at radius 2 is 1.48 bits per heavy atom. The Balaban J connectivity index is 0.00000117. The van der Waals surface area contributed by atoms with Crippen molar-refractivity contribution in [3.63, 3.8) is 0 Å². The molecule has 0 spiro atoms. The first kappa shape index (κ1) is 23.6. The second-order valence-corrected chi connectivity index (χ2v) is 12.4. The Kier molecular flexibility index (Phi) is 7.84. The van der Waals surface area contributed by atoms with Crippen molar-refractivity contribution in [2.45, 2.75) is 118 Å². The summed E-state index contributed by atoms with van der Waals surface area (Å²) in [4.78, 5) is 0. The van der Waals surface area contributed by atoms with E-state index in [0.29, 0.717) is 10.8 Å². The molecule has 0 aliphatic heterocycles. The van der Waals surface area contributed by atoms with Crippen molar-refractivity contribution in [3.05, 3.63) is 0 Å². The number of hydrogen-bond donors (Lipinski definition) is 1. The van der Waals surface area contributed by atoms with Crippen LogP contribution >= 0.6 is 0 Å². The zero-order valence-electron chi connectivity index (χ0n) is 20.8. The van der Waals surface area contributed by atoms with E-state index in [1.807, 2.05) is 0 Å². The lowest BCUT2D eigenvalue weighted by Crippen LogP contribution is -2.53. The molecule has 0 bridgehead atoms. The Morgan fingerprint density at radius 3 is 2.21 bits per heavy atom. The third kappa shape index (κ3) is 4.33. The van der Waals surface area contributed by atoms with Crippen molar-refractivity contribution >= 4 is 0 Å². The van der Waals surface area contributed by atoms with Crippen molar-refractivity contribution in [2.75, 3.05) is 7.05 Å². The summed E-state index contributed by atoms with van der Waals surface area (Å²) in [5.41, 5.74) is 5.89. The van der Waals surface area contributed by atoms with Crippen LogP contribution in [0.25, 0.3) is 0 Å². The summed E-state index contributed by atoms with van der Waals surface area (Å²) in [5, 5.41) is 0. The Bertz CT molecular complexity index is 512. The summed E-state index contributed by atoms with van der Waals surface area (Å²) < 4.78 is 0. The number of nitrogens with two attached hydrogens (primary N) is 1. The molecule has 0 heterocycles. The van der Waals surface area contributed by atoms with Crippen molar-refractivity contribution in [2.24, 2.45) is 58.0 Å². The van der Waals surface area contributed by atoms with Crippen molar-refractivity contribution in [3.8, 4) is 0 Å². The third-order valence-electron chi connectivity index (χ3n) is 10.8. The van der Waals surface area contributed by atoms with E-state index in [2.05, 4.69) is 40.4 Å². The molecule has 0 radical (unpaired) electrons. The van der Waals surface area contributed by atoms with E-state index < -0.39 is 0 Å². The molecule has 0 saturated heterocycles. The molecule has 1 heteroatoms. The molecule has 0 aromatic carbocycles. The first-order valence-corrected chi connectivity index (χ1v) is 13.4. The van der Waals surface area contributed by atoms with Gasteiger partial charge in [-0.2, -0.15) is 0 Å². The zero-order valence-corrected chi connectivity index (χ0v) is 20.8. The molecule has 8 unspecified atom stereocenters. The van der Waals surface area contributed by atoms with E-state index in [0.717, 1.165) is 41.4 Å². The average molecular weight is 404 g/mol. The summed E-state index contributed by atoms with van der Waals surface area (Å²) in [6.45, 7) is 12.9. The van der Waals surface area contributed by atoms with Crippen LogP contribution in [-0.2, 0) is 0 Å². The predicted molar refractivity (Wildman–Crippen MR) is 128 cm³/mol. The predicted octanol–water partition coefficient (Wildman–Crippen LogP) is 8.07. The minimum atomic E-state index is 0.677. The van der Waals surface area contributed by atoms with Gasteiger partial charge in [-0.3, -0.25) is 0 Å². The average Bonchev–Trinajstić information content (AvgIpc) is 3.06. The number of fused-ring (bicyclic) bond motifs is 5. The highest BCUT2D eigenvalue weighted by atomic mass is 14.6. The zero-order chi connectivity index (χ0) is 21.2. The number of rotatable bonds is 5. The fourth-order valence-corrected chi connectivity index (χ4v) is 9.32. The largest absolute Gasteiger partial charge is 0.333 e. The van der Waals surface area contributed by atoms with E-state index >= 15 is 0 Å². The normalized spacial score (nSPS) is 44.9. The second-order valence-electron chi connectivity index (χ2n) is 12.4. The first-order chi connectivity index (χ1) is 13.9. The molecule has 8 atom stereocenters. The molecule has 170 valence electrons. The van der Waals surface area contributed by atoms with Gasteiger partial charge >= 0.3 is 0 Å². The summed E-state index contributed by atoms with van der Waals surface area (Å²) in [6.07, 6.45) is 19.9. The van der Waals surface area contributed by atoms with Crippen molar-refractivity contribution in [1.82, 2.24) is 0 Å². The first-order valence-electron chi connectivity index (χ1n) is 13.4. The molecule has 4 saturated carbocycles. The maximum absolute atomic E-state index is 4.50. The fourth-order valence-electron chi connectivity index (χ4n) is 9.32. The third-order valence-corrected chi connectivity index (χ3v) is 10.8. The summed E-state index contributed by atoms with van der Waals surface area (Å²) in [7, 11) is 1.50. The van der Waals surface area contributed by atoms with Gasteiger partial charge in [0.2, 0.25) is 0 Å². The second kappa shape index (κ2) is 9.62. The maximum atomic E-state index is 4.50. The summed E-state index contributed by atoms with van der Waals surface area (Å²) in [5.74, 6) is 7.15. The van der Waals surface area contributed by atoms with Gasteiger partial charge in [0.25, 0.3) is 0 Å². The molecule has 0 amide bonds. The van der Waals surface area contributed by atoms with Gasteiger partial charge in [-0.1, -0.05) is 66.7 Å². The van der Waals surface area contributed by atoms with Crippen LogP contribution in [0.15, 0.2) is 0 Å². The van der Waals surface area contributed by atoms with Crippen molar-refractivity contribution in [1.29, 1.82) is 0 Å². The quantitative estimate of drug-likeness (QED) is 0.493. The minimum absolute atomic E-state index is 0.677. The van der Waals surface area contributed by atoms with Crippen LogP contribution in [-0.4, -0.2) is 7.05 Å². The molecular formula is C28H53N. The molecule has 0 aromatic rings. The van der Waals surface area contributed by atoms with E-state index in [4.69, 9.17) is 0 Å². The lowest BCUT2D eigenvalue weighted by molar-refractivity contribution is -0.114. The van der Waals surface area contributed by atoms with E-state index in [-0.39, 0.29) is 0 Å². The van der Waals surface area contributed by atoms with Gasteiger partial charge in [0.15, 0.2) is 0 Å². The molecule has 29 heavy (non-hydrogen) atoms. The smallest absolute Gasteiger partial charge is 0.0195 e. The maximum Gasteiger partial charge on any atom is -0.0195 e. The van der Waals surface area contributed by atoms with Crippen LogP contribution in [0.4, 0.5) is 0 Å². The van der Waals surface area contributed by atoms with Gasteiger partial charge in [-0.15, -0.1) is 0 Å². The van der Waals surface area contributed by atoms with E-state index in [1.165, 1.54) is 39.2 Å². The van der Waals surface area contributed by atoms with Gasteiger partial charge in [0.1, 0.15) is 0 Å². The molecular weight excluding hydrogens is 350 g/mol. The standard InChI is InChI=1S/C27H48.CH5N/c1-19(2)9-8-10-20(3)23-14-15-24-22-13-12-21-11-6-7-17-26(21,4)25(22)16-18-27(23,24)5;1-2/h19-25H,6-18H2,1-5H3;2H2,1H3. The molecule has 0 aromatic heterocycles. The molecule has 4 fully saturated rings. The fraction of sp³-hybridized carbons (Fsp3) is 1.00. The molecule has 4 aliphatic rings. The number of hydrogen-bond acceptors (Lipinski definition) is 1. The summed E-state index contributed by atoms with van der Waals surface area (Å²) in [6, 6.07) is 0. The SMILES string of the molecule is CC(C)CCCC(C)C1CCC2C3CCC4CCCCC4(C)C3CCC12C.CN. The van der Waals surface area contributed by atoms with Crippen LogP contribution in [0, 0.1) is 52.3 Å². The van der Waals surface area contributed by atoms with Crippen LogP contribution in [0.5, 0.6) is 0 Å². The van der Waals surface area contributed by atoms with E-state index in [1.54, 1.807) is 51.4 Å². The van der Waals surface area contributed by atoms with Gasteiger partial charge in [0.05, 0.1) is 0 Å². The van der Waals surface area contributed by atoms with Crippen LogP contribution in [0.2, 0.25) is 0 Å². The monoisotopic (exact) mass is 403 g/mol. The Morgan fingerprint density at radius 1 is 0.759 bits per heavy atom. The molecule has 4 rings (SSSR count). The van der Waals surface area contributed by atoms with Crippen LogP contribution < -0.4 is 5.73 Å². The van der Waals surface area contributed by atoms with Crippen LogP contribution in [0.3, 0.4) is 0 Å². The lowest BCUT2D eigenvalue weighted by atomic mass is 9.44. The van der Waals surface area contributed by atoms with Gasteiger partial charge in [-0.25, -0.2) is 0 Å². The molecule has 4 aliphatic carbocycles. The topological polar surface area (TPSA) is 26.0 Å². The highest BCUT2D eigenvalue weighted by Gasteiger charge is 2.59. The van der Waals surface area contributed by atoms with E-state index in [9.17, 15) is 0 Å². The summed E-state index contributed by atoms with van der Waals surface area (Å²) >= 11 is 0. The Hall–Kier alpha value is -0.0400. The molecule has 2 N–H and O–H groups in total. The minimum Gasteiger partial charge on any atom is -0.333 e.